The van der Waals surface area contributed by atoms with E-state index in [1.54, 1.807) is 0 Å². The molecule has 5 aromatic carbocycles. The second-order valence-corrected chi connectivity index (χ2v) is 22.5. The maximum atomic E-state index is 12.2. The van der Waals surface area contributed by atoms with Gasteiger partial charge in [0.1, 0.15) is 23.0 Å². The number of ether oxygens (including phenoxy) is 2. The molecule has 0 aliphatic carbocycles. The summed E-state index contributed by atoms with van der Waals surface area (Å²) in [7, 11) is 0. The predicted octanol–water partition coefficient (Wildman–Crippen LogP) is 17.1. The van der Waals surface area contributed by atoms with Gasteiger partial charge in [-0.15, -0.1) is 0 Å². The van der Waals surface area contributed by atoms with Gasteiger partial charge in [0.15, 0.2) is 0 Å². The average molecular weight is 877 g/mol. The van der Waals surface area contributed by atoms with Crippen molar-refractivity contribution in [3.05, 3.63) is 141 Å². The van der Waals surface area contributed by atoms with Crippen molar-refractivity contribution in [3.8, 4) is 56.4 Å². The van der Waals surface area contributed by atoms with Crippen LogP contribution in [0.5, 0.6) is 23.0 Å². The number of aryl methyl sites for hydroxylation is 6. The Morgan fingerprint density at radius 3 is 1.43 bits per heavy atom. The van der Waals surface area contributed by atoms with Crippen LogP contribution in [0.2, 0.25) is 0 Å². The van der Waals surface area contributed by atoms with Crippen LogP contribution in [0, 0.1) is 52.9 Å². The molecule has 0 bridgehead atoms. The fourth-order valence-electron chi connectivity index (χ4n) is 8.59. The maximum absolute atomic E-state index is 12.2. The minimum atomic E-state index is -0.0553. The number of aromatic hydroxyl groups is 2. The molecule has 0 spiro atoms. The molecule has 0 amide bonds. The van der Waals surface area contributed by atoms with Crippen LogP contribution in [0.25, 0.3) is 33.4 Å². The van der Waals surface area contributed by atoms with Crippen LogP contribution in [0.3, 0.4) is 0 Å². The summed E-state index contributed by atoms with van der Waals surface area (Å²) >= 11 is 0. The number of phenolic OH excluding ortho intramolecular Hbond substituents is 2. The number of benzene rings is 5. The number of phenols is 2. The summed E-state index contributed by atoms with van der Waals surface area (Å²) in [5.41, 5.74) is 16.3. The van der Waals surface area contributed by atoms with Crippen molar-refractivity contribution in [3.63, 3.8) is 0 Å². The zero-order valence-electron chi connectivity index (χ0n) is 43.3. The highest BCUT2D eigenvalue weighted by molar-refractivity contribution is 5.86. The lowest BCUT2D eigenvalue weighted by molar-refractivity contribution is 0.247. The Kier molecular flexibility index (Phi) is 15.7. The molecule has 0 saturated heterocycles. The van der Waals surface area contributed by atoms with E-state index in [0.29, 0.717) is 25.6 Å². The van der Waals surface area contributed by atoms with Gasteiger partial charge in [-0.3, -0.25) is 0 Å². The second-order valence-electron chi connectivity index (χ2n) is 22.5. The van der Waals surface area contributed by atoms with E-state index < -0.39 is 0 Å². The van der Waals surface area contributed by atoms with E-state index in [9.17, 15) is 10.2 Å². The van der Waals surface area contributed by atoms with Crippen molar-refractivity contribution in [2.45, 2.75) is 154 Å². The molecule has 0 aromatic heterocycles. The van der Waals surface area contributed by atoms with Crippen molar-refractivity contribution in [2.75, 3.05) is 13.2 Å². The molecule has 5 rings (SSSR count). The molecular weight excluding hydrogens is 797 g/mol. The SMILES string of the molecule is Cc1cc(-c2cc(C(C)(C)C)cc(C(C)(C)C)c2)c(O)c(-c2cc(C)cc(C)c2OCCCOc2c(C)cc(C)cc2-c2cc(C)cc(C(C)/C=C\C(=C/CC(C)(C)C)C(C)C)c2O)c1. The smallest absolute Gasteiger partial charge is 0.131 e. The highest BCUT2D eigenvalue weighted by Gasteiger charge is 2.25. The van der Waals surface area contributed by atoms with Crippen molar-refractivity contribution in [1.82, 2.24) is 0 Å². The van der Waals surface area contributed by atoms with Crippen LogP contribution in [0.1, 0.15) is 152 Å². The first-order valence-corrected chi connectivity index (χ1v) is 23.8. The summed E-state index contributed by atoms with van der Waals surface area (Å²) in [6, 6.07) is 23.7. The van der Waals surface area contributed by atoms with E-state index >= 15 is 0 Å². The zero-order valence-corrected chi connectivity index (χ0v) is 43.3. The summed E-state index contributed by atoms with van der Waals surface area (Å²) < 4.78 is 13.3. The minimum Gasteiger partial charge on any atom is -0.507 e. The number of rotatable bonds is 14. The quantitative estimate of drug-likeness (QED) is 0.0862. The van der Waals surface area contributed by atoms with Gasteiger partial charge in [0.2, 0.25) is 0 Å². The summed E-state index contributed by atoms with van der Waals surface area (Å²) in [5, 5.41) is 24.2. The Morgan fingerprint density at radius 1 is 0.538 bits per heavy atom. The van der Waals surface area contributed by atoms with Gasteiger partial charge in [0, 0.05) is 45.7 Å². The van der Waals surface area contributed by atoms with Crippen molar-refractivity contribution < 1.29 is 19.7 Å². The highest BCUT2D eigenvalue weighted by atomic mass is 16.5. The van der Waals surface area contributed by atoms with Crippen molar-refractivity contribution in [1.29, 1.82) is 0 Å². The lowest BCUT2D eigenvalue weighted by Gasteiger charge is -2.27. The Labute approximate surface area is 393 Å². The Balaban J connectivity index is 1.42. The predicted molar refractivity (Wildman–Crippen MR) is 278 cm³/mol. The van der Waals surface area contributed by atoms with Gasteiger partial charge in [-0.2, -0.15) is 0 Å². The average Bonchev–Trinajstić information content (AvgIpc) is 3.18. The topological polar surface area (TPSA) is 58.9 Å². The lowest BCUT2D eigenvalue weighted by Crippen LogP contribution is -2.16. The maximum Gasteiger partial charge on any atom is 0.131 e. The molecule has 0 saturated carbocycles. The van der Waals surface area contributed by atoms with Crippen LogP contribution < -0.4 is 9.47 Å². The van der Waals surface area contributed by atoms with Crippen LogP contribution in [-0.2, 0) is 10.8 Å². The number of allylic oxidation sites excluding steroid dienone is 4. The largest absolute Gasteiger partial charge is 0.507 e. The molecule has 0 heterocycles. The molecule has 2 N–H and O–H groups in total. The zero-order chi connectivity index (χ0) is 48.3. The van der Waals surface area contributed by atoms with Crippen molar-refractivity contribution >= 4 is 0 Å². The third kappa shape index (κ3) is 12.8. The first kappa shape index (κ1) is 50.8. The molecule has 4 nitrogen and oxygen atoms in total. The normalized spacial score (nSPS) is 13.2. The fraction of sp³-hybridized carbons (Fsp3) is 0.443. The molecule has 0 aliphatic heterocycles. The van der Waals surface area contributed by atoms with E-state index in [2.05, 4.69) is 210 Å². The molecule has 0 radical (unpaired) electrons. The molecule has 0 aliphatic rings. The Bertz CT molecular complexity index is 2530. The van der Waals surface area contributed by atoms with Crippen LogP contribution in [0.15, 0.2) is 90.5 Å². The van der Waals surface area contributed by atoms with E-state index in [0.717, 1.165) is 90.2 Å². The third-order valence-electron chi connectivity index (χ3n) is 12.4. The summed E-state index contributed by atoms with van der Waals surface area (Å²) in [4.78, 5) is 0. The van der Waals surface area contributed by atoms with Gasteiger partial charge in [-0.1, -0.05) is 138 Å². The molecule has 4 heteroatoms. The van der Waals surface area contributed by atoms with Crippen molar-refractivity contribution in [2.24, 2.45) is 11.3 Å². The third-order valence-corrected chi connectivity index (χ3v) is 12.4. The minimum absolute atomic E-state index is 0.00210. The van der Waals surface area contributed by atoms with Gasteiger partial charge in [0.05, 0.1) is 13.2 Å². The molecule has 1 unspecified atom stereocenters. The Hall–Kier alpha value is -5.22. The van der Waals surface area contributed by atoms with Crippen LogP contribution in [0.4, 0.5) is 0 Å². The van der Waals surface area contributed by atoms with Gasteiger partial charge in [-0.25, -0.2) is 0 Å². The van der Waals surface area contributed by atoms with E-state index in [-0.39, 0.29) is 33.7 Å². The summed E-state index contributed by atoms with van der Waals surface area (Å²) in [5.74, 6) is 2.49. The molecule has 0 fully saturated rings. The molecule has 65 heavy (non-hydrogen) atoms. The van der Waals surface area contributed by atoms with Crippen LogP contribution >= 0.6 is 0 Å². The van der Waals surface area contributed by atoms with Gasteiger partial charge >= 0.3 is 0 Å². The summed E-state index contributed by atoms with van der Waals surface area (Å²) in [6.07, 6.45) is 8.47. The fourth-order valence-corrected chi connectivity index (χ4v) is 8.59. The standard InChI is InChI=1S/C61H80O4/c1-37(2)45(22-23-59(10,11)12)21-20-42(7)49-28-40(5)30-51(55(49)62)53-32-38(3)26-43(8)57(53)64-24-19-25-65-58-44(9)27-39(4)33-54(58)52-31-41(6)29-50(56(52)63)46-34-47(60(13,14)15)36-48(35-46)61(16,17)18/h20-22,26-37,42,62-63H,19,23-25H2,1-18H3/b21-20-,45-22+. The highest BCUT2D eigenvalue weighted by Crippen LogP contribution is 2.47. The number of hydrogen-bond donors (Lipinski definition) is 2. The number of hydrogen-bond acceptors (Lipinski definition) is 4. The molecule has 348 valence electrons. The first-order valence-electron chi connectivity index (χ1n) is 23.8. The molecule has 5 aromatic rings. The summed E-state index contributed by atoms with van der Waals surface area (Å²) in [6.45, 7) is 40.3. The van der Waals surface area contributed by atoms with Crippen LogP contribution in [-0.4, -0.2) is 23.4 Å². The van der Waals surface area contributed by atoms with Gasteiger partial charge in [-0.05, 0) is 156 Å². The Morgan fingerprint density at radius 2 is 0.969 bits per heavy atom. The molecular formula is C61H80O4. The van der Waals surface area contributed by atoms with Gasteiger partial charge < -0.3 is 19.7 Å². The first-order chi connectivity index (χ1) is 30.1. The molecule has 1 atom stereocenters. The second kappa shape index (κ2) is 20.1. The van der Waals surface area contributed by atoms with E-state index in [1.807, 2.05) is 0 Å². The monoisotopic (exact) mass is 877 g/mol. The van der Waals surface area contributed by atoms with Gasteiger partial charge in [0.25, 0.3) is 0 Å². The van der Waals surface area contributed by atoms with E-state index in [1.165, 1.54) is 16.7 Å². The lowest BCUT2D eigenvalue weighted by atomic mass is 9.78. The van der Waals surface area contributed by atoms with E-state index in [4.69, 9.17) is 9.47 Å².